The monoisotopic (exact) mass is 264 g/mol. The van der Waals surface area contributed by atoms with E-state index >= 15 is 0 Å². The fourth-order valence-corrected chi connectivity index (χ4v) is 1.79. The van der Waals surface area contributed by atoms with Crippen LogP contribution >= 0.6 is 0 Å². The van der Waals surface area contributed by atoms with E-state index in [9.17, 15) is 14.9 Å². The van der Waals surface area contributed by atoms with E-state index in [1.165, 1.54) is 6.07 Å². The second-order valence-corrected chi connectivity index (χ2v) is 4.50. The van der Waals surface area contributed by atoms with Crippen molar-refractivity contribution in [3.05, 3.63) is 33.9 Å². The van der Waals surface area contributed by atoms with Gasteiger partial charge in [-0.3, -0.25) is 14.9 Å². The molecule has 0 saturated heterocycles. The molecule has 2 rings (SSSR count). The van der Waals surface area contributed by atoms with Crippen LogP contribution in [0.5, 0.6) is 0 Å². The van der Waals surface area contributed by atoms with E-state index in [0.29, 0.717) is 12.2 Å². The van der Waals surface area contributed by atoms with Crippen LogP contribution in [0.25, 0.3) is 0 Å². The quantitative estimate of drug-likeness (QED) is 0.539. The van der Waals surface area contributed by atoms with Crippen LogP contribution < -0.4 is 16.4 Å². The largest absolute Gasteiger partial charge is 0.375 e. The Morgan fingerprint density at radius 3 is 2.79 bits per heavy atom. The summed E-state index contributed by atoms with van der Waals surface area (Å²) in [5.41, 5.74) is 6.23. The fraction of sp³-hybridized carbons (Fsp3) is 0.417. The second kappa shape index (κ2) is 5.23. The molecule has 1 fully saturated rings. The standard InChI is InChI=1S/C12H16N4O3/c1-2-14-12(17)7-3-4-9(11(5-7)16(18)19)15-10-6-8(10)13/h3-5,8,10,15H,2,6,13H2,1H3,(H,14,17). The summed E-state index contributed by atoms with van der Waals surface area (Å²) in [5, 5.41) is 16.7. The molecule has 2 unspecified atom stereocenters. The van der Waals surface area contributed by atoms with Gasteiger partial charge in [-0.05, 0) is 25.5 Å². The van der Waals surface area contributed by atoms with Gasteiger partial charge in [0.05, 0.1) is 4.92 Å². The zero-order valence-corrected chi connectivity index (χ0v) is 10.6. The van der Waals surface area contributed by atoms with Gasteiger partial charge in [0.25, 0.3) is 11.6 Å². The lowest BCUT2D eigenvalue weighted by atomic mass is 10.1. The van der Waals surface area contributed by atoms with Gasteiger partial charge in [-0.1, -0.05) is 0 Å². The van der Waals surface area contributed by atoms with Crippen LogP contribution in [0.15, 0.2) is 18.2 Å². The lowest BCUT2D eigenvalue weighted by Gasteiger charge is -2.08. The summed E-state index contributed by atoms with van der Waals surface area (Å²) >= 11 is 0. The highest BCUT2D eigenvalue weighted by molar-refractivity contribution is 5.95. The predicted octanol–water partition coefficient (Wildman–Crippen LogP) is 0.856. The third-order valence-corrected chi connectivity index (χ3v) is 2.97. The van der Waals surface area contributed by atoms with Crippen molar-refractivity contribution in [3.63, 3.8) is 0 Å². The molecule has 1 aromatic carbocycles. The predicted molar refractivity (Wildman–Crippen MR) is 71.1 cm³/mol. The van der Waals surface area contributed by atoms with Crippen molar-refractivity contribution in [2.24, 2.45) is 5.73 Å². The summed E-state index contributed by atoms with van der Waals surface area (Å²) in [5.74, 6) is -0.319. The van der Waals surface area contributed by atoms with Gasteiger partial charge in [0.15, 0.2) is 0 Å². The van der Waals surface area contributed by atoms with E-state index in [1.54, 1.807) is 19.1 Å². The third-order valence-electron chi connectivity index (χ3n) is 2.97. The van der Waals surface area contributed by atoms with Crippen LogP contribution in [-0.4, -0.2) is 29.5 Å². The average molecular weight is 264 g/mol. The van der Waals surface area contributed by atoms with Gasteiger partial charge in [0, 0.05) is 30.3 Å². The molecule has 1 aliphatic rings. The smallest absolute Gasteiger partial charge is 0.293 e. The Bertz CT molecular complexity index is 518. The van der Waals surface area contributed by atoms with Gasteiger partial charge in [-0.25, -0.2) is 0 Å². The molecular formula is C12H16N4O3. The summed E-state index contributed by atoms with van der Waals surface area (Å²) in [4.78, 5) is 22.2. The first-order valence-electron chi connectivity index (χ1n) is 6.11. The number of carbonyl (C=O) groups excluding carboxylic acids is 1. The minimum absolute atomic E-state index is 0.0441. The molecule has 7 heteroatoms. The Morgan fingerprint density at radius 2 is 2.26 bits per heavy atom. The van der Waals surface area contributed by atoms with Crippen molar-refractivity contribution in [2.45, 2.75) is 25.4 Å². The first-order chi connectivity index (χ1) is 9.02. The number of nitro benzene ring substituents is 1. The molecule has 102 valence electrons. The number of carbonyl (C=O) groups is 1. The maximum atomic E-state index is 11.6. The van der Waals surface area contributed by atoms with Crippen molar-refractivity contribution < 1.29 is 9.72 Å². The van der Waals surface area contributed by atoms with E-state index in [4.69, 9.17) is 5.73 Å². The number of nitrogens with two attached hydrogens (primary N) is 1. The highest BCUT2D eigenvalue weighted by Crippen LogP contribution is 2.31. The number of nitro groups is 1. The Hall–Kier alpha value is -2.15. The van der Waals surface area contributed by atoms with Crippen LogP contribution in [0.4, 0.5) is 11.4 Å². The summed E-state index contributed by atoms with van der Waals surface area (Å²) in [6, 6.07) is 4.51. The molecule has 0 bridgehead atoms. The number of anilines is 1. The Labute approximate surface area is 110 Å². The van der Waals surface area contributed by atoms with Crippen molar-refractivity contribution in [1.29, 1.82) is 0 Å². The summed E-state index contributed by atoms with van der Waals surface area (Å²) in [6.07, 6.45) is 0.801. The van der Waals surface area contributed by atoms with Gasteiger partial charge >= 0.3 is 0 Å². The fourth-order valence-electron chi connectivity index (χ4n) is 1.79. The molecule has 0 spiro atoms. The Kier molecular flexibility index (Phi) is 3.66. The Balaban J connectivity index is 2.24. The molecule has 0 aromatic heterocycles. The highest BCUT2D eigenvalue weighted by Gasteiger charge is 2.34. The van der Waals surface area contributed by atoms with Gasteiger partial charge in [-0.15, -0.1) is 0 Å². The SMILES string of the molecule is CCNC(=O)c1ccc(NC2CC2N)c([N+](=O)[O-])c1. The summed E-state index contributed by atoms with van der Waals surface area (Å²) < 4.78 is 0. The number of rotatable bonds is 5. The number of hydrogen-bond acceptors (Lipinski definition) is 5. The van der Waals surface area contributed by atoms with Crippen LogP contribution in [0.2, 0.25) is 0 Å². The molecule has 4 N–H and O–H groups in total. The van der Waals surface area contributed by atoms with Crippen LogP contribution in [0, 0.1) is 10.1 Å². The molecule has 7 nitrogen and oxygen atoms in total. The van der Waals surface area contributed by atoms with E-state index in [1.807, 2.05) is 0 Å². The topological polar surface area (TPSA) is 110 Å². The number of amides is 1. The first-order valence-corrected chi connectivity index (χ1v) is 6.11. The molecule has 1 amide bonds. The van der Waals surface area contributed by atoms with E-state index in [-0.39, 0.29) is 29.2 Å². The molecule has 0 heterocycles. The minimum Gasteiger partial charge on any atom is -0.375 e. The highest BCUT2D eigenvalue weighted by atomic mass is 16.6. The minimum atomic E-state index is -0.501. The number of benzene rings is 1. The summed E-state index contributed by atoms with van der Waals surface area (Å²) in [7, 11) is 0. The van der Waals surface area contributed by atoms with Crippen molar-refractivity contribution in [1.82, 2.24) is 5.32 Å². The van der Waals surface area contributed by atoms with E-state index in [2.05, 4.69) is 10.6 Å². The summed E-state index contributed by atoms with van der Waals surface area (Å²) in [6.45, 7) is 2.26. The molecular weight excluding hydrogens is 248 g/mol. The lowest BCUT2D eigenvalue weighted by molar-refractivity contribution is -0.384. The van der Waals surface area contributed by atoms with Gasteiger partial charge in [0.1, 0.15) is 5.69 Å². The molecule has 1 aliphatic carbocycles. The zero-order valence-electron chi connectivity index (χ0n) is 10.6. The third kappa shape index (κ3) is 3.00. The van der Waals surface area contributed by atoms with Crippen molar-refractivity contribution >= 4 is 17.3 Å². The van der Waals surface area contributed by atoms with Gasteiger partial charge in [-0.2, -0.15) is 0 Å². The zero-order chi connectivity index (χ0) is 14.0. The number of hydrogen-bond donors (Lipinski definition) is 3. The lowest BCUT2D eigenvalue weighted by Crippen LogP contribution is -2.22. The average Bonchev–Trinajstić information content (AvgIpc) is 3.05. The van der Waals surface area contributed by atoms with E-state index in [0.717, 1.165) is 6.42 Å². The molecule has 0 radical (unpaired) electrons. The van der Waals surface area contributed by atoms with E-state index < -0.39 is 4.92 Å². The molecule has 1 saturated carbocycles. The first kappa shape index (κ1) is 13.3. The van der Waals surface area contributed by atoms with Crippen molar-refractivity contribution in [2.75, 3.05) is 11.9 Å². The Morgan fingerprint density at radius 1 is 1.58 bits per heavy atom. The van der Waals surface area contributed by atoms with Crippen molar-refractivity contribution in [3.8, 4) is 0 Å². The number of nitrogens with one attached hydrogen (secondary N) is 2. The molecule has 2 atom stereocenters. The van der Waals surface area contributed by atoms with Crippen LogP contribution in [0.1, 0.15) is 23.7 Å². The normalized spacial score (nSPS) is 20.7. The van der Waals surface area contributed by atoms with Gasteiger partial charge < -0.3 is 16.4 Å². The van der Waals surface area contributed by atoms with Crippen LogP contribution in [0.3, 0.4) is 0 Å². The van der Waals surface area contributed by atoms with Crippen LogP contribution in [-0.2, 0) is 0 Å². The second-order valence-electron chi connectivity index (χ2n) is 4.50. The van der Waals surface area contributed by atoms with Gasteiger partial charge in [0.2, 0.25) is 0 Å². The molecule has 19 heavy (non-hydrogen) atoms. The number of nitrogens with zero attached hydrogens (tertiary/aromatic N) is 1. The molecule has 1 aromatic rings. The maximum absolute atomic E-state index is 11.6. The molecule has 0 aliphatic heterocycles. The maximum Gasteiger partial charge on any atom is 0.293 e.